The van der Waals surface area contributed by atoms with Crippen LogP contribution in [0.2, 0.25) is 0 Å². The van der Waals surface area contributed by atoms with Crippen LogP contribution in [0.3, 0.4) is 0 Å². The first-order valence-electron chi connectivity index (χ1n) is 5.66. The number of nitrogens with zero attached hydrogens (tertiary/aromatic N) is 1. The zero-order valence-electron chi connectivity index (χ0n) is 10.6. The molecule has 1 aliphatic heterocycles. The number of phenolic OH excluding ortho intramolecular Hbond substituents is 1. The molecule has 2 rings (SSSR count). The Kier molecular flexibility index (Phi) is 2.49. The van der Waals surface area contributed by atoms with Gasteiger partial charge in [0.05, 0.1) is 11.2 Å². The van der Waals surface area contributed by atoms with E-state index in [1.165, 1.54) is 0 Å². The van der Waals surface area contributed by atoms with Crippen molar-refractivity contribution in [2.24, 2.45) is 0 Å². The molecule has 1 aliphatic rings. The lowest BCUT2D eigenvalue weighted by Gasteiger charge is -2.41. The number of fused-ring (bicyclic) bond motifs is 1. The molecule has 0 spiro atoms. The highest BCUT2D eigenvalue weighted by Crippen LogP contribution is 2.40. The van der Waals surface area contributed by atoms with Gasteiger partial charge in [-0.2, -0.15) is 0 Å². The average molecular weight is 231 g/mol. The summed E-state index contributed by atoms with van der Waals surface area (Å²) in [4.78, 5) is 13.6. The second-order valence-corrected chi connectivity index (χ2v) is 5.04. The molecule has 17 heavy (non-hydrogen) atoms. The van der Waals surface area contributed by atoms with Crippen molar-refractivity contribution in [1.82, 2.24) is 0 Å². The van der Waals surface area contributed by atoms with Crippen molar-refractivity contribution in [3.63, 3.8) is 0 Å². The van der Waals surface area contributed by atoms with Crippen LogP contribution < -0.4 is 4.90 Å². The molecule has 0 unspecified atom stereocenters. The fourth-order valence-electron chi connectivity index (χ4n) is 2.59. The lowest BCUT2D eigenvalue weighted by atomic mass is 9.88. The Morgan fingerprint density at radius 1 is 1.35 bits per heavy atom. The topological polar surface area (TPSA) is 40.5 Å². The molecular weight excluding hydrogens is 214 g/mol. The highest BCUT2D eigenvalue weighted by Gasteiger charge is 2.33. The Labute approximate surface area is 101 Å². The maximum absolute atomic E-state index is 11.8. The van der Waals surface area contributed by atoms with Gasteiger partial charge in [-0.1, -0.05) is 6.08 Å². The predicted molar refractivity (Wildman–Crippen MR) is 69.0 cm³/mol. The Morgan fingerprint density at radius 2 is 2.00 bits per heavy atom. The first kappa shape index (κ1) is 11.7. The third-order valence-corrected chi connectivity index (χ3v) is 3.11. The van der Waals surface area contributed by atoms with E-state index in [1.807, 2.05) is 20.8 Å². The lowest BCUT2D eigenvalue weighted by Crippen LogP contribution is -2.47. The molecular formula is C14H17NO2. The van der Waals surface area contributed by atoms with Crippen LogP contribution >= 0.6 is 0 Å². The number of rotatable bonds is 0. The van der Waals surface area contributed by atoms with Crippen molar-refractivity contribution in [3.05, 3.63) is 29.8 Å². The number of hydrogen-bond donors (Lipinski definition) is 1. The number of amides is 1. The summed E-state index contributed by atoms with van der Waals surface area (Å²) in [6.45, 7) is 7.58. The van der Waals surface area contributed by atoms with E-state index in [0.29, 0.717) is 0 Å². The standard InChI is InChI=1S/C14H17NO2/c1-9-8-14(3,4)15(10(2)16)13-6-5-11(17)7-12(9)13/h5-8,17H,1-4H3. The molecule has 3 heteroatoms. The molecule has 0 fully saturated rings. The molecule has 0 atom stereocenters. The predicted octanol–water partition coefficient (Wildman–Crippen LogP) is 2.94. The molecule has 0 aliphatic carbocycles. The van der Waals surface area contributed by atoms with Gasteiger partial charge in [-0.25, -0.2) is 0 Å². The van der Waals surface area contributed by atoms with Crippen LogP contribution in [0, 0.1) is 0 Å². The van der Waals surface area contributed by atoms with E-state index in [4.69, 9.17) is 0 Å². The number of allylic oxidation sites excluding steroid dienone is 1. The van der Waals surface area contributed by atoms with E-state index in [9.17, 15) is 9.90 Å². The molecule has 0 radical (unpaired) electrons. The summed E-state index contributed by atoms with van der Waals surface area (Å²) in [5.74, 6) is 0.227. The van der Waals surface area contributed by atoms with Crippen LogP contribution in [0.1, 0.15) is 33.3 Å². The van der Waals surface area contributed by atoms with Crippen molar-refractivity contribution in [2.75, 3.05) is 4.90 Å². The quantitative estimate of drug-likeness (QED) is 0.745. The van der Waals surface area contributed by atoms with Gasteiger partial charge in [0.15, 0.2) is 0 Å². The molecule has 0 bridgehead atoms. The van der Waals surface area contributed by atoms with Gasteiger partial charge < -0.3 is 10.0 Å². The van der Waals surface area contributed by atoms with Crippen molar-refractivity contribution >= 4 is 17.2 Å². The monoisotopic (exact) mass is 231 g/mol. The Balaban J connectivity index is 2.69. The third kappa shape index (κ3) is 1.82. The maximum atomic E-state index is 11.8. The first-order chi connectivity index (χ1) is 7.83. The van der Waals surface area contributed by atoms with Gasteiger partial charge in [0.1, 0.15) is 5.75 Å². The summed E-state index contributed by atoms with van der Waals surface area (Å²) in [6.07, 6.45) is 2.05. The average Bonchev–Trinajstić information content (AvgIpc) is 2.17. The normalized spacial score (nSPS) is 17.4. The molecule has 90 valence electrons. The Morgan fingerprint density at radius 3 is 2.59 bits per heavy atom. The highest BCUT2D eigenvalue weighted by molar-refractivity contribution is 5.99. The SMILES string of the molecule is CC(=O)N1c2ccc(O)cc2C(C)=CC1(C)C. The summed E-state index contributed by atoms with van der Waals surface area (Å²) < 4.78 is 0. The van der Waals surface area contributed by atoms with Crippen molar-refractivity contribution in [3.8, 4) is 5.75 Å². The summed E-state index contributed by atoms with van der Waals surface area (Å²) in [7, 11) is 0. The molecule has 1 heterocycles. The Hall–Kier alpha value is -1.77. The molecule has 1 N–H and O–H groups in total. The van der Waals surface area contributed by atoms with Crippen molar-refractivity contribution < 1.29 is 9.90 Å². The number of carbonyl (C=O) groups is 1. The van der Waals surface area contributed by atoms with Gasteiger partial charge in [-0.05, 0) is 44.5 Å². The number of aromatic hydroxyl groups is 1. The van der Waals surface area contributed by atoms with Crippen LogP contribution in [0.15, 0.2) is 24.3 Å². The van der Waals surface area contributed by atoms with Gasteiger partial charge in [0.2, 0.25) is 5.91 Å². The van der Waals surface area contributed by atoms with Gasteiger partial charge in [-0.3, -0.25) is 4.79 Å². The van der Waals surface area contributed by atoms with Crippen molar-refractivity contribution in [1.29, 1.82) is 0 Å². The Bertz CT molecular complexity index is 515. The van der Waals surface area contributed by atoms with E-state index in [-0.39, 0.29) is 17.2 Å². The number of benzene rings is 1. The summed E-state index contributed by atoms with van der Waals surface area (Å²) >= 11 is 0. The van der Waals surface area contributed by atoms with E-state index < -0.39 is 0 Å². The zero-order valence-corrected chi connectivity index (χ0v) is 10.6. The van der Waals surface area contributed by atoms with Gasteiger partial charge in [0.25, 0.3) is 0 Å². The maximum Gasteiger partial charge on any atom is 0.224 e. The van der Waals surface area contributed by atoms with Crippen molar-refractivity contribution in [2.45, 2.75) is 33.2 Å². The molecule has 1 aromatic rings. The van der Waals surface area contributed by atoms with Crippen LogP contribution in [-0.4, -0.2) is 16.6 Å². The number of hydrogen-bond acceptors (Lipinski definition) is 2. The van der Waals surface area contributed by atoms with Crippen LogP contribution in [0.25, 0.3) is 5.57 Å². The van der Waals surface area contributed by atoms with Gasteiger partial charge in [0, 0.05) is 12.5 Å². The van der Waals surface area contributed by atoms with E-state index in [0.717, 1.165) is 16.8 Å². The largest absolute Gasteiger partial charge is 0.508 e. The fourth-order valence-corrected chi connectivity index (χ4v) is 2.59. The third-order valence-electron chi connectivity index (χ3n) is 3.11. The molecule has 1 amide bonds. The second kappa shape index (κ2) is 3.62. The highest BCUT2D eigenvalue weighted by atomic mass is 16.3. The number of anilines is 1. The minimum Gasteiger partial charge on any atom is -0.508 e. The zero-order chi connectivity index (χ0) is 12.8. The van der Waals surface area contributed by atoms with Gasteiger partial charge in [-0.15, -0.1) is 0 Å². The molecule has 1 aromatic carbocycles. The summed E-state index contributed by atoms with van der Waals surface area (Å²) in [6, 6.07) is 5.11. The smallest absolute Gasteiger partial charge is 0.224 e. The lowest BCUT2D eigenvalue weighted by molar-refractivity contribution is -0.117. The van der Waals surface area contributed by atoms with E-state index >= 15 is 0 Å². The molecule has 3 nitrogen and oxygen atoms in total. The van der Waals surface area contributed by atoms with E-state index in [1.54, 1.807) is 30.0 Å². The summed E-state index contributed by atoms with van der Waals surface area (Å²) in [5, 5.41) is 9.53. The van der Waals surface area contributed by atoms with Crippen LogP contribution in [-0.2, 0) is 4.79 Å². The van der Waals surface area contributed by atoms with Crippen LogP contribution in [0.4, 0.5) is 5.69 Å². The van der Waals surface area contributed by atoms with E-state index in [2.05, 4.69) is 6.08 Å². The molecule has 0 saturated carbocycles. The first-order valence-corrected chi connectivity index (χ1v) is 5.66. The number of phenols is 1. The van der Waals surface area contributed by atoms with Gasteiger partial charge >= 0.3 is 0 Å². The fraction of sp³-hybridized carbons (Fsp3) is 0.357. The minimum absolute atomic E-state index is 0.00527. The number of carbonyl (C=O) groups excluding carboxylic acids is 1. The minimum atomic E-state index is -0.333. The van der Waals surface area contributed by atoms with Crippen LogP contribution in [0.5, 0.6) is 5.75 Å². The second-order valence-electron chi connectivity index (χ2n) is 5.04. The molecule has 0 aromatic heterocycles. The summed E-state index contributed by atoms with van der Waals surface area (Å²) in [5.41, 5.74) is 2.53. The molecule has 0 saturated heterocycles.